The van der Waals surface area contributed by atoms with E-state index in [-0.39, 0.29) is 11.9 Å². The van der Waals surface area contributed by atoms with Crippen LogP contribution in [0.15, 0.2) is 24.3 Å². The molecule has 0 aliphatic heterocycles. The van der Waals surface area contributed by atoms with E-state index in [1.165, 1.54) is 12.8 Å². The lowest BCUT2D eigenvalue weighted by molar-refractivity contribution is -0.121. The molecule has 0 aromatic heterocycles. The van der Waals surface area contributed by atoms with Crippen molar-refractivity contribution in [1.29, 1.82) is 0 Å². The lowest BCUT2D eigenvalue weighted by Crippen LogP contribution is -2.40. The molecule has 1 aliphatic carbocycles. The molecule has 21 heavy (non-hydrogen) atoms. The number of amides is 1. The van der Waals surface area contributed by atoms with Crippen LogP contribution in [0.25, 0.3) is 0 Å². The first kappa shape index (κ1) is 16.0. The maximum atomic E-state index is 12.3. The van der Waals surface area contributed by atoms with Crippen LogP contribution in [-0.4, -0.2) is 28.5 Å². The molecule has 1 amide bonds. The SMILES string of the molecule is COc1cccc(C[S@](=O)[C@@H](C)C(=O)NC2CCCC2)c1. The molecule has 1 aliphatic rings. The van der Waals surface area contributed by atoms with Crippen LogP contribution in [0, 0.1) is 0 Å². The highest BCUT2D eigenvalue weighted by Crippen LogP contribution is 2.19. The summed E-state index contributed by atoms with van der Waals surface area (Å²) in [6.07, 6.45) is 4.43. The van der Waals surface area contributed by atoms with Crippen LogP contribution in [0.3, 0.4) is 0 Å². The van der Waals surface area contributed by atoms with Crippen molar-refractivity contribution in [3.8, 4) is 5.75 Å². The Hall–Kier alpha value is -1.36. The normalized spacial score (nSPS) is 18.2. The number of methoxy groups -OCH3 is 1. The maximum absolute atomic E-state index is 12.3. The quantitative estimate of drug-likeness (QED) is 0.878. The largest absolute Gasteiger partial charge is 0.497 e. The van der Waals surface area contributed by atoms with Crippen LogP contribution < -0.4 is 10.1 Å². The van der Waals surface area contributed by atoms with Crippen molar-refractivity contribution in [3.63, 3.8) is 0 Å². The summed E-state index contributed by atoms with van der Waals surface area (Å²) in [5, 5.41) is 2.52. The molecule has 4 nitrogen and oxygen atoms in total. The van der Waals surface area contributed by atoms with E-state index in [1.807, 2.05) is 24.3 Å². The third-order valence-electron chi connectivity index (χ3n) is 3.91. The van der Waals surface area contributed by atoms with Gasteiger partial charge in [-0.3, -0.25) is 9.00 Å². The third-order valence-corrected chi connectivity index (χ3v) is 5.53. The Kier molecular flexibility index (Phi) is 5.79. The van der Waals surface area contributed by atoms with E-state index in [0.29, 0.717) is 5.75 Å². The minimum atomic E-state index is -1.22. The van der Waals surface area contributed by atoms with Gasteiger partial charge in [0.05, 0.1) is 7.11 Å². The number of hydrogen-bond donors (Lipinski definition) is 1. The van der Waals surface area contributed by atoms with E-state index in [0.717, 1.165) is 24.2 Å². The Bertz CT molecular complexity index is 512. The van der Waals surface area contributed by atoms with E-state index in [2.05, 4.69) is 5.32 Å². The molecule has 0 heterocycles. The van der Waals surface area contributed by atoms with E-state index in [1.54, 1.807) is 14.0 Å². The fourth-order valence-electron chi connectivity index (χ4n) is 2.56. The van der Waals surface area contributed by atoms with Crippen LogP contribution in [-0.2, 0) is 21.3 Å². The number of ether oxygens (including phenoxy) is 1. The molecule has 1 saturated carbocycles. The Labute approximate surface area is 128 Å². The molecule has 0 bridgehead atoms. The average Bonchev–Trinajstić information content (AvgIpc) is 2.99. The van der Waals surface area contributed by atoms with E-state index >= 15 is 0 Å². The summed E-state index contributed by atoms with van der Waals surface area (Å²) in [7, 11) is 0.381. The summed E-state index contributed by atoms with van der Waals surface area (Å²) in [4.78, 5) is 12.1. The summed E-state index contributed by atoms with van der Waals surface area (Å²) in [6, 6.07) is 7.76. The summed E-state index contributed by atoms with van der Waals surface area (Å²) >= 11 is 0. The van der Waals surface area contributed by atoms with Crippen LogP contribution >= 0.6 is 0 Å². The van der Waals surface area contributed by atoms with Gasteiger partial charge in [-0.15, -0.1) is 0 Å². The zero-order chi connectivity index (χ0) is 15.2. The molecule has 116 valence electrons. The molecule has 1 fully saturated rings. The lowest BCUT2D eigenvalue weighted by Gasteiger charge is -2.16. The molecule has 1 N–H and O–H groups in total. The number of carbonyl (C=O) groups excluding carboxylic acids is 1. The van der Waals surface area contributed by atoms with Gasteiger partial charge in [-0.1, -0.05) is 25.0 Å². The van der Waals surface area contributed by atoms with Crippen molar-refractivity contribution in [1.82, 2.24) is 5.32 Å². The number of hydrogen-bond acceptors (Lipinski definition) is 3. The van der Waals surface area contributed by atoms with E-state index < -0.39 is 16.0 Å². The topological polar surface area (TPSA) is 55.4 Å². The average molecular weight is 309 g/mol. The zero-order valence-electron chi connectivity index (χ0n) is 12.6. The van der Waals surface area contributed by atoms with Crippen LogP contribution in [0.4, 0.5) is 0 Å². The van der Waals surface area contributed by atoms with Crippen LogP contribution in [0.5, 0.6) is 5.75 Å². The van der Waals surface area contributed by atoms with Crippen molar-refractivity contribution in [3.05, 3.63) is 29.8 Å². The third kappa shape index (κ3) is 4.56. The summed E-state index contributed by atoms with van der Waals surface area (Å²) in [5.41, 5.74) is 0.924. The highest BCUT2D eigenvalue weighted by atomic mass is 32.2. The second-order valence-corrected chi connectivity index (χ2v) is 7.27. The zero-order valence-corrected chi connectivity index (χ0v) is 13.4. The number of nitrogens with one attached hydrogen (secondary N) is 1. The van der Waals surface area contributed by atoms with E-state index in [9.17, 15) is 9.00 Å². The standard InChI is InChI=1S/C16H23NO3S/c1-12(16(18)17-14-7-3-4-8-14)21(19)11-13-6-5-9-15(10-13)20-2/h5-6,9-10,12,14H,3-4,7-8,11H2,1-2H3,(H,17,18)/t12-,21-/m0/s1. The van der Waals surface area contributed by atoms with E-state index in [4.69, 9.17) is 4.74 Å². The van der Waals surface area contributed by atoms with Crippen molar-refractivity contribution in [2.75, 3.05) is 7.11 Å². The summed E-state index contributed by atoms with van der Waals surface area (Å²) in [6.45, 7) is 1.74. The van der Waals surface area contributed by atoms with Gasteiger partial charge in [0.15, 0.2) is 0 Å². The first-order valence-corrected chi connectivity index (χ1v) is 8.79. The molecule has 5 heteroatoms. The molecule has 1 aromatic rings. The summed E-state index contributed by atoms with van der Waals surface area (Å²) < 4.78 is 17.5. The second-order valence-electron chi connectivity index (χ2n) is 5.51. The van der Waals surface area contributed by atoms with Gasteiger partial charge in [0.1, 0.15) is 11.0 Å². The van der Waals surface area contributed by atoms with Gasteiger partial charge < -0.3 is 10.1 Å². The lowest BCUT2D eigenvalue weighted by atomic mass is 10.2. The fourth-order valence-corrected chi connectivity index (χ4v) is 3.62. The van der Waals surface area contributed by atoms with Crippen LogP contribution in [0.2, 0.25) is 0 Å². The molecule has 0 unspecified atom stereocenters. The first-order chi connectivity index (χ1) is 10.1. The fraction of sp³-hybridized carbons (Fsp3) is 0.562. The molecule has 2 atom stereocenters. The Morgan fingerprint density at radius 2 is 2.14 bits per heavy atom. The van der Waals surface area contributed by atoms with Crippen molar-refractivity contribution in [2.45, 2.75) is 49.7 Å². The van der Waals surface area contributed by atoms with Crippen molar-refractivity contribution in [2.24, 2.45) is 0 Å². The number of rotatable bonds is 6. The highest BCUT2D eigenvalue weighted by molar-refractivity contribution is 7.85. The molecular weight excluding hydrogens is 286 g/mol. The molecule has 2 rings (SSSR count). The second kappa shape index (κ2) is 7.59. The Morgan fingerprint density at radius 1 is 1.43 bits per heavy atom. The van der Waals surface area contributed by atoms with Gasteiger partial charge in [0, 0.05) is 22.6 Å². The van der Waals surface area contributed by atoms with Gasteiger partial charge in [-0.05, 0) is 37.5 Å². The van der Waals surface area contributed by atoms with Crippen molar-refractivity contribution < 1.29 is 13.7 Å². The Balaban J connectivity index is 1.90. The van der Waals surface area contributed by atoms with Gasteiger partial charge in [0.2, 0.25) is 5.91 Å². The van der Waals surface area contributed by atoms with Gasteiger partial charge in [0.25, 0.3) is 0 Å². The number of benzene rings is 1. The molecular formula is C16H23NO3S. The minimum absolute atomic E-state index is 0.0943. The van der Waals surface area contributed by atoms with Gasteiger partial charge in [-0.25, -0.2) is 0 Å². The smallest absolute Gasteiger partial charge is 0.235 e. The highest BCUT2D eigenvalue weighted by Gasteiger charge is 2.24. The Morgan fingerprint density at radius 3 is 2.81 bits per heavy atom. The monoisotopic (exact) mass is 309 g/mol. The minimum Gasteiger partial charge on any atom is -0.497 e. The summed E-state index contributed by atoms with van der Waals surface area (Å²) in [5.74, 6) is 1.02. The predicted octanol–water partition coefficient (Wildman–Crippen LogP) is 2.39. The first-order valence-electron chi connectivity index (χ1n) is 7.40. The molecule has 0 radical (unpaired) electrons. The number of carbonyl (C=O) groups is 1. The van der Waals surface area contributed by atoms with Crippen LogP contribution in [0.1, 0.15) is 38.2 Å². The van der Waals surface area contributed by atoms with Crippen molar-refractivity contribution >= 4 is 16.7 Å². The molecule has 0 spiro atoms. The molecule has 0 saturated heterocycles. The molecule has 1 aromatic carbocycles. The predicted molar refractivity (Wildman–Crippen MR) is 84.7 cm³/mol. The van der Waals surface area contributed by atoms with Gasteiger partial charge in [-0.2, -0.15) is 0 Å². The maximum Gasteiger partial charge on any atom is 0.235 e. The van der Waals surface area contributed by atoms with Gasteiger partial charge >= 0.3 is 0 Å².